The maximum Gasteiger partial charge on any atom is 0.260 e. The van der Waals surface area contributed by atoms with Crippen LogP contribution in [0.15, 0.2) is 47.5 Å². The predicted octanol–water partition coefficient (Wildman–Crippen LogP) is 3.89. The van der Waals surface area contributed by atoms with Gasteiger partial charge in [0.2, 0.25) is 5.95 Å². The van der Waals surface area contributed by atoms with Crippen LogP contribution in [-0.2, 0) is 17.7 Å². The highest BCUT2D eigenvalue weighted by molar-refractivity contribution is 5.58. The van der Waals surface area contributed by atoms with Crippen LogP contribution in [0.25, 0.3) is 5.69 Å². The van der Waals surface area contributed by atoms with E-state index in [4.69, 9.17) is 4.74 Å². The number of pyridine rings is 1. The first kappa shape index (κ1) is 20.9. The zero-order chi connectivity index (χ0) is 22.2. The van der Waals surface area contributed by atoms with Gasteiger partial charge in [0.1, 0.15) is 0 Å². The van der Waals surface area contributed by atoms with Crippen LogP contribution in [-0.4, -0.2) is 40.1 Å². The quantitative estimate of drug-likeness (QED) is 0.550. The van der Waals surface area contributed by atoms with Crippen molar-refractivity contribution >= 4 is 5.69 Å². The summed E-state index contributed by atoms with van der Waals surface area (Å²) in [6, 6.07) is 9.10. The van der Waals surface area contributed by atoms with Crippen LogP contribution in [0.3, 0.4) is 0 Å². The van der Waals surface area contributed by atoms with Crippen LogP contribution >= 0.6 is 0 Å². The summed E-state index contributed by atoms with van der Waals surface area (Å²) in [5.74, 6) is -0.0498. The zero-order valence-electron chi connectivity index (χ0n) is 18.6. The van der Waals surface area contributed by atoms with Gasteiger partial charge in [0.15, 0.2) is 0 Å². The molecule has 0 spiro atoms. The van der Waals surface area contributed by atoms with Gasteiger partial charge >= 0.3 is 0 Å². The Hall–Kier alpha value is -2.93. The molecule has 0 bridgehead atoms. The lowest BCUT2D eigenvalue weighted by molar-refractivity contribution is 0.0532. The molecule has 1 aliphatic heterocycles. The van der Waals surface area contributed by atoms with E-state index in [9.17, 15) is 4.79 Å². The Labute approximate surface area is 187 Å². The number of hydrogen-bond donors (Lipinski definition) is 0. The van der Waals surface area contributed by atoms with E-state index >= 15 is 4.39 Å². The van der Waals surface area contributed by atoms with E-state index in [0.717, 1.165) is 43.7 Å². The van der Waals surface area contributed by atoms with Gasteiger partial charge in [-0.25, -0.2) is 0 Å². The Morgan fingerprint density at radius 2 is 2.00 bits per heavy atom. The van der Waals surface area contributed by atoms with E-state index in [-0.39, 0.29) is 11.7 Å². The van der Waals surface area contributed by atoms with Gasteiger partial charge in [-0.15, -0.1) is 0 Å². The van der Waals surface area contributed by atoms with Crippen molar-refractivity contribution in [3.05, 3.63) is 75.7 Å². The molecule has 0 N–H and O–H groups in total. The number of aryl methyl sites for hydroxylation is 1. The number of morpholine rings is 1. The molecule has 7 heteroatoms. The van der Waals surface area contributed by atoms with Crippen molar-refractivity contribution in [2.45, 2.75) is 51.7 Å². The maximum absolute atomic E-state index is 15.0. The first-order valence-corrected chi connectivity index (χ1v) is 11.5. The monoisotopic (exact) mass is 436 g/mol. The third kappa shape index (κ3) is 4.21. The fourth-order valence-electron chi connectivity index (χ4n) is 4.46. The topological polar surface area (TPSA) is 52.3 Å². The summed E-state index contributed by atoms with van der Waals surface area (Å²) in [6.07, 6.45) is 6.54. The summed E-state index contributed by atoms with van der Waals surface area (Å²) < 4.78 is 23.7. The average Bonchev–Trinajstić information content (AvgIpc) is 3.55. The van der Waals surface area contributed by atoms with Crippen LogP contribution in [0.5, 0.6) is 0 Å². The van der Waals surface area contributed by atoms with Crippen molar-refractivity contribution in [2.24, 2.45) is 0 Å². The Balaban J connectivity index is 1.55. The summed E-state index contributed by atoms with van der Waals surface area (Å²) >= 11 is 0. The minimum absolute atomic E-state index is 0.142. The standard InChI is InChI=1S/C25H29FN4O2/c1-3-29-16-18(14-27-29)10-20-6-7-24(26)30(25(20)31)23-12-21(19-4-5-19)11-22(13-23)28-8-9-32-17(2)15-28/h6-7,11-14,16-17,19H,3-5,8-10,15H2,1-2H3/t17-/m1/s1. The molecule has 3 heterocycles. The highest BCUT2D eigenvalue weighted by Crippen LogP contribution is 2.42. The van der Waals surface area contributed by atoms with Crippen molar-refractivity contribution in [1.82, 2.24) is 14.3 Å². The number of benzene rings is 1. The number of nitrogens with zero attached hydrogens (tertiary/aromatic N) is 4. The maximum atomic E-state index is 15.0. The number of ether oxygens (including phenoxy) is 1. The van der Waals surface area contributed by atoms with Gasteiger partial charge in [-0.3, -0.25) is 14.0 Å². The van der Waals surface area contributed by atoms with Crippen molar-refractivity contribution in [1.29, 1.82) is 0 Å². The highest BCUT2D eigenvalue weighted by Gasteiger charge is 2.27. The number of anilines is 1. The predicted molar refractivity (Wildman–Crippen MR) is 122 cm³/mol. The number of aromatic nitrogens is 3. The molecule has 1 aromatic carbocycles. The fraction of sp³-hybridized carbons (Fsp3) is 0.440. The third-order valence-corrected chi connectivity index (χ3v) is 6.36. The third-order valence-electron chi connectivity index (χ3n) is 6.36. The van der Waals surface area contributed by atoms with E-state index in [1.54, 1.807) is 12.3 Å². The largest absolute Gasteiger partial charge is 0.375 e. The Kier molecular flexibility index (Phi) is 5.59. The van der Waals surface area contributed by atoms with Gasteiger partial charge in [0.05, 0.1) is 24.6 Å². The molecule has 0 unspecified atom stereocenters. The molecule has 1 aliphatic carbocycles. The normalized spacial score (nSPS) is 18.8. The minimum Gasteiger partial charge on any atom is -0.375 e. The van der Waals surface area contributed by atoms with Crippen LogP contribution in [0.1, 0.15) is 49.3 Å². The average molecular weight is 437 g/mol. The van der Waals surface area contributed by atoms with Gasteiger partial charge in [-0.2, -0.15) is 9.49 Å². The molecule has 2 fully saturated rings. The molecule has 2 aliphatic rings. The Bertz CT molecular complexity index is 1180. The lowest BCUT2D eigenvalue weighted by Crippen LogP contribution is -2.41. The van der Waals surface area contributed by atoms with Gasteiger partial charge in [-0.05, 0) is 74.1 Å². The molecule has 0 radical (unpaired) electrons. The molecule has 2 aromatic heterocycles. The second kappa shape index (κ2) is 8.54. The lowest BCUT2D eigenvalue weighted by Gasteiger charge is -2.33. The van der Waals surface area contributed by atoms with Crippen LogP contribution in [0, 0.1) is 5.95 Å². The molecular formula is C25H29FN4O2. The summed E-state index contributed by atoms with van der Waals surface area (Å²) in [5.41, 5.74) is 3.98. The first-order chi connectivity index (χ1) is 15.5. The Morgan fingerprint density at radius 3 is 2.72 bits per heavy atom. The number of hydrogen-bond acceptors (Lipinski definition) is 4. The lowest BCUT2D eigenvalue weighted by atomic mass is 10.1. The molecule has 32 heavy (non-hydrogen) atoms. The summed E-state index contributed by atoms with van der Waals surface area (Å²) in [7, 11) is 0. The molecule has 5 rings (SSSR count). The minimum atomic E-state index is -0.544. The zero-order valence-corrected chi connectivity index (χ0v) is 18.6. The Morgan fingerprint density at radius 1 is 1.19 bits per heavy atom. The molecule has 168 valence electrons. The van der Waals surface area contributed by atoms with E-state index in [2.05, 4.69) is 23.0 Å². The van der Waals surface area contributed by atoms with Gasteiger partial charge < -0.3 is 9.64 Å². The van der Waals surface area contributed by atoms with Crippen LogP contribution < -0.4 is 10.5 Å². The summed E-state index contributed by atoms with van der Waals surface area (Å²) in [5, 5.41) is 4.28. The van der Waals surface area contributed by atoms with Crippen molar-refractivity contribution in [3.8, 4) is 5.69 Å². The van der Waals surface area contributed by atoms with E-state index in [1.165, 1.54) is 16.2 Å². The van der Waals surface area contributed by atoms with Crippen molar-refractivity contribution < 1.29 is 9.13 Å². The smallest absolute Gasteiger partial charge is 0.260 e. The van der Waals surface area contributed by atoms with Crippen molar-refractivity contribution in [3.63, 3.8) is 0 Å². The van der Waals surface area contributed by atoms with E-state index < -0.39 is 5.95 Å². The second-order valence-corrected chi connectivity index (χ2v) is 8.89. The molecule has 1 atom stereocenters. The van der Waals surface area contributed by atoms with Crippen LogP contribution in [0.4, 0.5) is 10.1 Å². The fourth-order valence-corrected chi connectivity index (χ4v) is 4.46. The first-order valence-electron chi connectivity index (χ1n) is 11.5. The van der Waals surface area contributed by atoms with Gasteiger partial charge in [0, 0.05) is 43.5 Å². The van der Waals surface area contributed by atoms with Gasteiger partial charge in [0.25, 0.3) is 5.56 Å². The number of halogens is 1. The molecule has 3 aromatic rings. The highest BCUT2D eigenvalue weighted by atomic mass is 19.1. The molecule has 0 amide bonds. The summed E-state index contributed by atoms with van der Waals surface area (Å²) in [4.78, 5) is 15.6. The van der Waals surface area contributed by atoms with Crippen LogP contribution in [0.2, 0.25) is 0 Å². The molecular weight excluding hydrogens is 407 g/mol. The summed E-state index contributed by atoms with van der Waals surface area (Å²) in [6.45, 7) is 7.08. The molecule has 1 saturated heterocycles. The SMILES string of the molecule is CCn1cc(Cc2ccc(F)n(-c3cc(C4CC4)cc(N4CCO[C@H](C)C4)c3)c2=O)cn1. The second-order valence-electron chi connectivity index (χ2n) is 8.89. The molecule has 1 saturated carbocycles. The number of rotatable bonds is 6. The van der Waals surface area contributed by atoms with E-state index in [0.29, 0.717) is 30.2 Å². The van der Waals surface area contributed by atoms with Gasteiger partial charge in [-0.1, -0.05) is 0 Å². The van der Waals surface area contributed by atoms with E-state index in [1.807, 2.05) is 29.9 Å². The van der Waals surface area contributed by atoms with Crippen molar-refractivity contribution in [2.75, 3.05) is 24.6 Å². The molecule has 6 nitrogen and oxygen atoms in total.